The number of carbonyl (C=O) groups is 3. The number of esters is 1. The maximum atomic E-state index is 11.8. The maximum absolute atomic E-state index is 11.8. The Hall–Kier alpha value is -2.57. The van der Waals surface area contributed by atoms with Gasteiger partial charge in [0.05, 0.1) is 0 Å². The fourth-order valence-corrected chi connectivity index (χ4v) is 2.09. The first-order valence-electron chi connectivity index (χ1n) is 8.72. The molecule has 7 heteroatoms. The number of hydrogen-bond donors (Lipinski definition) is 2. The zero-order valence-corrected chi connectivity index (χ0v) is 16.0. The van der Waals surface area contributed by atoms with Gasteiger partial charge in [0.25, 0.3) is 5.91 Å². The van der Waals surface area contributed by atoms with Crippen LogP contribution in [0.25, 0.3) is 0 Å². The molecule has 144 valence electrons. The van der Waals surface area contributed by atoms with Crippen molar-refractivity contribution in [3.63, 3.8) is 0 Å². The summed E-state index contributed by atoms with van der Waals surface area (Å²) in [5.74, 6) is -0.512. The molecule has 3 amide bonds. The first-order valence-corrected chi connectivity index (χ1v) is 8.72. The van der Waals surface area contributed by atoms with E-state index in [2.05, 4.69) is 10.6 Å². The lowest BCUT2D eigenvalue weighted by molar-refractivity contribution is -0.150. The number of imide groups is 1. The zero-order chi connectivity index (χ0) is 19.7. The summed E-state index contributed by atoms with van der Waals surface area (Å²) in [4.78, 5) is 34.9. The highest BCUT2D eigenvalue weighted by molar-refractivity contribution is 5.95. The van der Waals surface area contributed by atoms with Crippen LogP contribution in [-0.4, -0.2) is 37.2 Å². The Labute approximate surface area is 154 Å². The van der Waals surface area contributed by atoms with Crippen molar-refractivity contribution >= 4 is 17.9 Å². The first kappa shape index (κ1) is 21.5. The van der Waals surface area contributed by atoms with E-state index in [4.69, 9.17) is 9.47 Å². The summed E-state index contributed by atoms with van der Waals surface area (Å²) >= 11 is 0. The van der Waals surface area contributed by atoms with E-state index in [1.807, 2.05) is 52.8 Å². The standard InChI is InChI=1S/C19H28N2O5/c1-6-14(5)20-19(24)21-17(22)10-26-18(23)11-25-16-9-13(4)7-8-15(16)12(2)3/h7-9,12,14H,6,10-11H2,1-5H3,(H2,20,21,22,24)/t14-/m0/s1. The highest BCUT2D eigenvalue weighted by Crippen LogP contribution is 2.27. The van der Waals surface area contributed by atoms with E-state index in [1.54, 1.807) is 0 Å². The molecule has 0 heterocycles. The van der Waals surface area contributed by atoms with Gasteiger partial charge in [-0.25, -0.2) is 9.59 Å². The monoisotopic (exact) mass is 364 g/mol. The highest BCUT2D eigenvalue weighted by Gasteiger charge is 2.14. The topological polar surface area (TPSA) is 93.7 Å². The maximum Gasteiger partial charge on any atom is 0.344 e. The quantitative estimate of drug-likeness (QED) is 0.692. The molecule has 0 aliphatic heterocycles. The summed E-state index contributed by atoms with van der Waals surface area (Å²) in [5.41, 5.74) is 2.01. The number of urea groups is 1. The molecular weight excluding hydrogens is 336 g/mol. The van der Waals surface area contributed by atoms with E-state index in [1.165, 1.54) is 0 Å². The van der Waals surface area contributed by atoms with Gasteiger partial charge in [0.1, 0.15) is 5.75 Å². The Bertz CT molecular complexity index is 643. The fourth-order valence-electron chi connectivity index (χ4n) is 2.09. The molecule has 0 aromatic heterocycles. The van der Waals surface area contributed by atoms with Crippen molar-refractivity contribution in [3.8, 4) is 5.75 Å². The van der Waals surface area contributed by atoms with Gasteiger partial charge in [-0.3, -0.25) is 10.1 Å². The third-order valence-electron chi connectivity index (χ3n) is 3.74. The molecule has 1 atom stereocenters. The van der Waals surface area contributed by atoms with Crippen LogP contribution >= 0.6 is 0 Å². The molecule has 1 rings (SSSR count). The van der Waals surface area contributed by atoms with Crippen LogP contribution in [0.3, 0.4) is 0 Å². The van der Waals surface area contributed by atoms with E-state index in [0.29, 0.717) is 5.75 Å². The minimum atomic E-state index is -0.697. The predicted molar refractivity (Wildman–Crippen MR) is 98.1 cm³/mol. The number of hydrogen-bond acceptors (Lipinski definition) is 5. The number of ether oxygens (including phenoxy) is 2. The molecule has 0 spiro atoms. The van der Waals surface area contributed by atoms with Crippen LogP contribution in [0.1, 0.15) is 51.2 Å². The van der Waals surface area contributed by atoms with Gasteiger partial charge >= 0.3 is 12.0 Å². The average Bonchev–Trinajstić information content (AvgIpc) is 2.57. The number of amides is 3. The zero-order valence-electron chi connectivity index (χ0n) is 16.0. The molecule has 2 N–H and O–H groups in total. The second-order valence-corrected chi connectivity index (χ2v) is 6.48. The van der Waals surface area contributed by atoms with Gasteiger partial charge in [0.15, 0.2) is 13.2 Å². The van der Waals surface area contributed by atoms with Gasteiger partial charge in [0.2, 0.25) is 0 Å². The second-order valence-electron chi connectivity index (χ2n) is 6.48. The number of carbonyl (C=O) groups excluding carboxylic acids is 3. The van der Waals surface area contributed by atoms with E-state index in [0.717, 1.165) is 17.5 Å². The molecule has 0 bridgehead atoms. The minimum Gasteiger partial charge on any atom is -0.482 e. The summed E-state index contributed by atoms with van der Waals surface area (Å²) < 4.78 is 10.4. The largest absolute Gasteiger partial charge is 0.482 e. The predicted octanol–water partition coefficient (Wildman–Crippen LogP) is 2.66. The molecule has 0 saturated carbocycles. The second kappa shape index (κ2) is 10.4. The van der Waals surface area contributed by atoms with Crippen LogP contribution in [0.5, 0.6) is 5.75 Å². The van der Waals surface area contributed by atoms with Gasteiger partial charge in [-0.15, -0.1) is 0 Å². The van der Waals surface area contributed by atoms with Crippen LogP contribution in [0.4, 0.5) is 4.79 Å². The van der Waals surface area contributed by atoms with Crippen molar-refractivity contribution in [2.45, 2.75) is 53.0 Å². The van der Waals surface area contributed by atoms with Crippen molar-refractivity contribution in [3.05, 3.63) is 29.3 Å². The molecule has 0 fully saturated rings. The lowest BCUT2D eigenvalue weighted by Crippen LogP contribution is -2.44. The Morgan fingerprint density at radius 3 is 2.42 bits per heavy atom. The van der Waals surface area contributed by atoms with Crippen molar-refractivity contribution in [1.29, 1.82) is 0 Å². The van der Waals surface area contributed by atoms with Gasteiger partial charge < -0.3 is 14.8 Å². The SMILES string of the molecule is CC[C@H](C)NC(=O)NC(=O)COC(=O)COc1cc(C)ccc1C(C)C. The Morgan fingerprint density at radius 2 is 1.81 bits per heavy atom. The summed E-state index contributed by atoms with van der Waals surface area (Å²) in [7, 11) is 0. The van der Waals surface area contributed by atoms with E-state index in [9.17, 15) is 14.4 Å². The Kier molecular flexibility index (Phi) is 8.61. The van der Waals surface area contributed by atoms with Crippen molar-refractivity contribution < 1.29 is 23.9 Å². The lowest BCUT2D eigenvalue weighted by atomic mass is 10.0. The van der Waals surface area contributed by atoms with E-state index < -0.39 is 24.5 Å². The average molecular weight is 364 g/mol. The van der Waals surface area contributed by atoms with Gasteiger partial charge in [-0.2, -0.15) is 0 Å². The summed E-state index contributed by atoms with van der Waals surface area (Å²) in [5, 5.41) is 4.68. The third-order valence-corrected chi connectivity index (χ3v) is 3.74. The van der Waals surface area contributed by atoms with Crippen LogP contribution in [0.2, 0.25) is 0 Å². The minimum absolute atomic E-state index is 0.0526. The normalized spacial score (nSPS) is 11.6. The molecule has 1 aromatic carbocycles. The third kappa shape index (κ3) is 7.55. The molecule has 0 aliphatic carbocycles. The first-order chi connectivity index (χ1) is 12.2. The van der Waals surface area contributed by atoms with Crippen molar-refractivity contribution in [2.75, 3.05) is 13.2 Å². The van der Waals surface area contributed by atoms with Crippen LogP contribution in [-0.2, 0) is 14.3 Å². The molecule has 1 aromatic rings. The van der Waals surface area contributed by atoms with Gasteiger partial charge in [-0.05, 0) is 43.4 Å². The molecule has 0 saturated heterocycles. The summed E-state index contributed by atoms with van der Waals surface area (Å²) in [6.07, 6.45) is 0.741. The summed E-state index contributed by atoms with van der Waals surface area (Å²) in [6.45, 7) is 8.88. The van der Waals surface area contributed by atoms with Crippen LogP contribution < -0.4 is 15.4 Å². The molecule has 0 radical (unpaired) electrons. The highest BCUT2D eigenvalue weighted by atomic mass is 16.6. The number of rotatable bonds is 8. The molecule has 7 nitrogen and oxygen atoms in total. The Morgan fingerprint density at radius 1 is 1.12 bits per heavy atom. The Balaban J connectivity index is 2.42. The summed E-state index contributed by atoms with van der Waals surface area (Å²) in [6, 6.07) is 5.13. The lowest BCUT2D eigenvalue weighted by Gasteiger charge is -2.14. The fraction of sp³-hybridized carbons (Fsp3) is 0.526. The number of benzene rings is 1. The number of nitrogens with one attached hydrogen (secondary N) is 2. The van der Waals surface area contributed by atoms with E-state index >= 15 is 0 Å². The molecule has 0 unspecified atom stereocenters. The van der Waals surface area contributed by atoms with Gasteiger partial charge in [-0.1, -0.05) is 32.9 Å². The van der Waals surface area contributed by atoms with Crippen molar-refractivity contribution in [2.24, 2.45) is 0 Å². The molecule has 26 heavy (non-hydrogen) atoms. The smallest absolute Gasteiger partial charge is 0.344 e. The van der Waals surface area contributed by atoms with Crippen LogP contribution in [0.15, 0.2) is 18.2 Å². The molecular formula is C19H28N2O5. The van der Waals surface area contributed by atoms with Crippen molar-refractivity contribution in [1.82, 2.24) is 10.6 Å². The molecule has 0 aliphatic rings. The number of aryl methyl sites for hydroxylation is 1. The van der Waals surface area contributed by atoms with Gasteiger partial charge in [0, 0.05) is 6.04 Å². The van der Waals surface area contributed by atoms with E-state index in [-0.39, 0.29) is 18.6 Å². The van der Waals surface area contributed by atoms with Crippen LogP contribution in [0, 0.1) is 6.92 Å².